The Bertz CT molecular complexity index is 670. The number of rotatable bonds is 4. The Morgan fingerprint density at radius 3 is 2.57 bits per heavy atom. The molecule has 0 aliphatic rings. The number of amidine groups is 1. The van der Waals surface area contributed by atoms with E-state index in [-0.39, 0.29) is 28.6 Å². The van der Waals surface area contributed by atoms with Gasteiger partial charge in [-0.3, -0.25) is 15.5 Å². The van der Waals surface area contributed by atoms with Gasteiger partial charge in [-0.2, -0.15) is 0 Å². The average Bonchev–Trinajstić information content (AvgIpc) is 2.42. The summed E-state index contributed by atoms with van der Waals surface area (Å²) >= 11 is 0. The van der Waals surface area contributed by atoms with Gasteiger partial charge in [0.05, 0.1) is 10.5 Å². The van der Waals surface area contributed by atoms with Crippen LogP contribution in [0.15, 0.2) is 36.4 Å². The van der Waals surface area contributed by atoms with E-state index in [1.165, 1.54) is 18.2 Å². The van der Waals surface area contributed by atoms with Crippen molar-refractivity contribution < 1.29 is 14.1 Å². The lowest BCUT2D eigenvalue weighted by atomic mass is 10.1. The molecule has 0 fully saturated rings. The van der Waals surface area contributed by atoms with Crippen LogP contribution < -0.4 is 10.5 Å². The molecule has 2 aromatic rings. The first-order valence-electron chi connectivity index (χ1n) is 5.95. The number of benzene rings is 2. The number of hydrogen-bond acceptors (Lipinski definition) is 4. The molecule has 3 N–H and O–H groups in total. The Labute approximate surface area is 119 Å². The quantitative estimate of drug-likeness (QED) is 0.390. The number of nitrogens with zero attached hydrogens (tertiary/aromatic N) is 1. The highest BCUT2D eigenvalue weighted by atomic mass is 19.1. The topological polar surface area (TPSA) is 102 Å². The van der Waals surface area contributed by atoms with Gasteiger partial charge in [0.1, 0.15) is 17.4 Å². The normalized spacial score (nSPS) is 10.2. The average molecular weight is 289 g/mol. The van der Waals surface area contributed by atoms with Crippen LogP contribution >= 0.6 is 0 Å². The van der Waals surface area contributed by atoms with E-state index in [1.54, 1.807) is 13.0 Å². The SMILES string of the molecule is Cc1ccc(Oc2ccc(F)cc2C(=N)N)c([N+](=O)[O-])c1. The number of nitrogen functional groups attached to an aromatic ring is 1. The van der Waals surface area contributed by atoms with Crippen LogP contribution in [0.1, 0.15) is 11.1 Å². The molecule has 0 aliphatic heterocycles. The highest BCUT2D eigenvalue weighted by molar-refractivity contribution is 5.97. The zero-order chi connectivity index (χ0) is 15.6. The van der Waals surface area contributed by atoms with Crippen molar-refractivity contribution in [1.82, 2.24) is 0 Å². The summed E-state index contributed by atoms with van der Waals surface area (Å²) in [5.41, 5.74) is 5.89. The number of nitrogens with two attached hydrogens (primary N) is 1. The van der Waals surface area contributed by atoms with Crippen molar-refractivity contribution in [3.63, 3.8) is 0 Å². The molecule has 0 unspecified atom stereocenters. The lowest BCUT2D eigenvalue weighted by Gasteiger charge is -2.11. The van der Waals surface area contributed by atoms with Gasteiger partial charge in [-0.05, 0) is 36.8 Å². The molecule has 0 aliphatic carbocycles. The van der Waals surface area contributed by atoms with Crippen molar-refractivity contribution in [1.29, 1.82) is 5.41 Å². The van der Waals surface area contributed by atoms with Gasteiger partial charge in [-0.15, -0.1) is 0 Å². The first kappa shape index (κ1) is 14.4. The molecule has 2 rings (SSSR count). The largest absolute Gasteiger partial charge is 0.449 e. The summed E-state index contributed by atoms with van der Waals surface area (Å²) in [7, 11) is 0. The van der Waals surface area contributed by atoms with E-state index in [2.05, 4.69) is 0 Å². The van der Waals surface area contributed by atoms with Crippen LogP contribution in [0, 0.1) is 28.3 Å². The van der Waals surface area contributed by atoms with E-state index in [0.717, 1.165) is 12.1 Å². The fourth-order valence-electron chi connectivity index (χ4n) is 1.78. The third-order valence-corrected chi connectivity index (χ3v) is 2.76. The molecule has 0 bridgehead atoms. The highest BCUT2D eigenvalue weighted by Gasteiger charge is 2.18. The van der Waals surface area contributed by atoms with Crippen LogP contribution in [0.5, 0.6) is 11.5 Å². The zero-order valence-corrected chi connectivity index (χ0v) is 11.1. The Morgan fingerprint density at radius 1 is 1.29 bits per heavy atom. The summed E-state index contributed by atoms with van der Waals surface area (Å²) in [6.45, 7) is 1.72. The summed E-state index contributed by atoms with van der Waals surface area (Å²) in [5, 5.41) is 18.4. The molecular formula is C14H12FN3O3. The molecule has 6 nitrogen and oxygen atoms in total. The second-order valence-corrected chi connectivity index (χ2v) is 4.38. The van der Waals surface area contributed by atoms with E-state index >= 15 is 0 Å². The van der Waals surface area contributed by atoms with E-state index in [1.807, 2.05) is 0 Å². The van der Waals surface area contributed by atoms with E-state index < -0.39 is 10.7 Å². The van der Waals surface area contributed by atoms with Crippen LogP contribution in [-0.2, 0) is 0 Å². The first-order valence-corrected chi connectivity index (χ1v) is 5.95. The molecule has 21 heavy (non-hydrogen) atoms. The molecule has 0 spiro atoms. The van der Waals surface area contributed by atoms with Crippen LogP contribution in [0.3, 0.4) is 0 Å². The maximum atomic E-state index is 13.2. The molecule has 0 atom stereocenters. The van der Waals surface area contributed by atoms with Crippen LogP contribution in [0.25, 0.3) is 0 Å². The molecule has 7 heteroatoms. The fraction of sp³-hybridized carbons (Fsp3) is 0.0714. The lowest BCUT2D eigenvalue weighted by molar-refractivity contribution is -0.385. The van der Waals surface area contributed by atoms with Crippen molar-refractivity contribution in [3.8, 4) is 11.5 Å². The summed E-state index contributed by atoms with van der Waals surface area (Å²) in [4.78, 5) is 10.5. The molecule has 0 saturated heterocycles. The third-order valence-electron chi connectivity index (χ3n) is 2.76. The first-order chi connectivity index (χ1) is 9.88. The summed E-state index contributed by atoms with van der Waals surface area (Å²) < 4.78 is 18.6. The number of halogens is 1. The van der Waals surface area contributed by atoms with Gasteiger partial charge >= 0.3 is 5.69 Å². The van der Waals surface area contributed by atoms with Gasteiger partial charge in [0, 0.05) is 6.07 Å². The van der Waals surface area contributed by atoms with E-state index in [4.69, 9.17) is 15.9 Å². The number of ether oxygens (including phenoxy) is 1. The van der Waals surface area contributed by atoms with Gasteiger partial charge < -0.3 is 10.5 Å². The summed E-state index contributed by atoms with van der Waals surface area (Å²) in [6.07, 6.45) is 0. The maximum Gasteiger partial charge on any atom is 0.311 e. The minimum Gasteiger partial charge on any atom is -0.449 e. The number of nitrogens with one attached hydrogen (secondary N) is 1. The minimum absolute atomic E-state index is 0.000270. The Hall–Kier alpha value is -2.96. The molecule has 0 heterocycles. The predicted octanol–water partition coefficient (Wildman–Crippen LogP) is 3.12. The van der Waals surface area contributed by atoms with Gasteiger partial charge in [0.2, 0.25) is 5.75 Å². The molecule has 0 saturated carbocycles. The Kier molecular flexibility index (Phi) is 3.84. The van der Waals surface area contributed by atoms with Crippen molar-refractivity contribution >= 4 is 11.5 Å². The van der Waals surface area contributed by atoms with E-state index in [0.29, 0.717) is 5.56 Å². The summed E-state index contributed by atoms with van der Waals surface area (Å²) in [5.74, 6) is -0.888. The minimum atomic E-state index is -0.578. The third kappa shape index (κ3) is 3.14. The smallest absolute Gasteiger partial charge is 0.311 e. The van der Waals surface area contributed by atoms with Gasteiger partial charge in [0.15, 0.2) is 0 Å². The molecule has 0 radical (unpaired) electrons. The second-order valence-electron chi connectivity index (χ2n) is 4.38. The molecule has 2 aromatic carbocycles. The Balaban J connectivity index is 2.48. The predicted molar refractivity (Wildman–Crippen MR) is 75.3 cm³/mol. The maximum absolute atomic E-state index is 13.2. The fourth-order valence-corrected chi connectivity index (χ4v) is 1.78. The molecule has 108 valence electrons. The second kappa shape index (κ2) is 5.58. The monoisotopic (exact) mass is 289 g/mol. The Morgan fingerprint density at radius 2 is 1.95 bits per heavy atom. The number of nitro groups is 1. The molecular weight excluding hydrogens is 277 g/mol. The van der Waals surface area contributed by atoms with Crippen molar-refractivity contribution in [2.24, 2.45) is 5.73 Å². The number of nitro benzene ring substituents is 1. The van der Waals surface area contributed by atoms with Crippen LogP contribution in [-0.4, -0.2) is 10.8 Å². The number of hydrogen-bond donors (Lipinski definition) is 2. The van der Waals surface area contributed by atoms with Crippen LogP contribution in [0.2, 0.25) is 0 Å². The van der Waals surface area contributed by atoms with Crippen LogP contribution in [0.4, 0.5) is 10.1 Å². The molecule has 0 aromatic heterocycles. The number of aryl methyl sites for hydroxylation is 1. The standard InChI is InChI=1S/C14H12FN3O3/c1-8-2-4-13(11(6-8)18(19)20)21-12-5-3-9(15)7-10(12)14(16)17/h2-7H,1H3,(H3,16,17). The van der Waals surface area contributed by atoms with E-state index in [9.17, 15) is 14.5 Å². The van der Waals surface area contributed by atoms with Gasteiger partial charge in [-0.25, -0.2) is 4.39 Å². The summed E-state index contributed by atoms with van der Waals surface area (Å²) in [6, 6.07) is 7.90. The van der Waals surface area contributed by atoms with Gasteiger partial charge in [-0.1, -0.05) is 6.07 Å². The molecule has 0 amide bonds. The highest BCUT2D eigenvalue weighted by Crippen LogP contribution is 2.33. The van der Waals surface area contributed by atoms with Gasteiger partial charge in [0.25, 0.3) is 0 Å². The van der Waals surface area contributed by atoms with Crippen molar-refractivity contribution in [2.45, 2.75) is 6.92 Å². The van der Waals surface area contributed by atoms with Crippen molar-refractivity contribution in [3.05, 3.63) is 63.5 Å². The lowest BCUT2D eigenvalue weighted by Crippen LogP contribution is -2.12. The van der Waals surface area contributed by atoms with Crippen molar-refractivity contribution in [2.75, 3.05) is 0 Å². The zero-order valence-electron chi connectivity index (χ0n) is 11.1.